The van der Waals surface area contributed by atoms with E-state index in [1.54, 1.807) is 17.4 Å². The first-order valence-electron chi connectivity index (χ1n) is 6.75. The summed E-state index contributed by atoms with van der Waals surface area (Å²) in [5, 5.41) is 4.12. The smallest absolute Gasteiger partial charge is 0.350 e. The molecule has 0 atom stereocenters. The zero-order valence-electron chi connectivity index (χ0n) is 12.7. The number of carbonyl (C=O) groups excluding carboxylic acids is 2. The third-order valence-electron chi connectivity index (χ3n) is 2.97. The van der Waals surface area contributed by atoms with Crippen LogP contribution in [0.1, 0.15) is 36.7 Å². The highest BCUT2D eigenvalue weighted by molar-refractivity contribution is 5.94. The molecule has 122 valence electrons. The lowest BCUT2D eigenvalue weighted by Gasteiger charge is -2.19. The van der Waals surface area contributed by atoms with Gasteiger partial charge in [0.2, 0.25) is 0 Å². The van der Waals surface area contributed by atoms with Gasteiger partial charge in [0.15, 0.2) is 0 Å². The van der Waals surface area contributed by atoms with Gasteiger partial charge in [0.25, 0.3) is 5.91 Å². The highest BCUT2D eigenvalue weighted by atomic mass is 19.4. The normalized spacial score (nSPS) is 11.9. The Kier molecular flexibility index (Phi) is 5.57. The van der Waals surface area contributed by atoms with Crippen molar-refractivity contribution in [3.63, 3.8) is 0 Å². The van der Waals surface area contributed by atoms with Gasteiger partial charge < -0.3 is 10.6 Å². The van der Waals surface area contributed by atoms with Gasteiger partial charge in [0.05, 0.1) is 0 Å². The molecule has 0 heterocycles. The van der Waals surface area contributed by atoms with Gasteiger partial charge >= 0.3 is 12.1 Å². The molecule has 2 N–H and O–H groups in total. The second-order valence-electron chi connectivity index (χ2n) is 5.84. The van der Waals surface area contributed by atoms with Gasteiger partial charge in [-0.1, -0.05) is 32.9 Å². The summed E-state index contributed by atoms with van der Waals surface area (Å²) in [6.45, 7) is 5.77. The second kappa shape index (κ2) is 6.81. The van der Waals surface area contributed by atoms with Crippen LogP contribution in [0.3, 0.4) is 0 Å². The highest BCUT2D eigenvalue weighted by Gasteiger charge is 2.38. The molecule has 0 aliphatic carbocycles. The summed E-state index contributed by atoms with van der Waals surface area (Å²) in [6.07, 6.45) is -4.91. The molecule has 0 radical (unpaired) electrons. The fourth-order valence-corrected chi connectivity index (χ4v) is 1.68. The Morgan fingerprint density at radius 2 is 1.45 bits per heavy atom. The summed E-state index contributed by atoms with van der Waals surface area (Å²) in [5.74, 6) is -2.42. The summed E-state index contributed by atoms with van der Waals surface area (Å²) in [4.78, 5) is 22.4. The van der Waals surface area contributed by atoms with Gasteiger partial charge in [0.1, 0.15) is 0 Å². The van der Waals surface area contributed by atoms with Gasteiger partial charge in [-0.15, -0.1) is 0 Å². The van der Waals surface area contributed by atoms with Gasteiger partial charge in [0, 0.05) is 18.7 Å². The third-order valence-corrected chi connectivity index (χ3v) is 2.97. The number of nitrogens with one attached hydrogen (secondary N) is 2. The lowest BCUT2D eigenvalue weighted by atomic mass is 9.87. The molecule has 0 aliphatic heterocycles. The van der Waals surface area contributed by atoms with Crippen molar-refractivity contribution < 1.29 is 22.8 Å². The number of alkyl halides is 3. The summed E-state index contributed by atoms with van der Waals surface area (Å²) in [5.41, 5.74) is 1.45. The van der Waals surface area contributed by atoms with Crippen LogP contribution in [0, 0.1) is 0 Å². The fourth-order valence-electron chi connectivity index (χ4n) is 1.68. The van der Waals surface area contributed by atoms with Crippen LogP contribution in [0.25, 0.3) is 0 Å². The van der Waals surface area contributed by atoms with Gasteiger partial charge in [-0.2, -0.15) is 13.2 Å². The van der Waals surface area contributed by atoms with E-state index in [9.17, 15) is 22.8 Å². The number of hydrogen-bond acceptors (Lipinski definition) is 2. The minimum absolute atomic E-state index is 0.0309. The summed E-state index contributed by atoms with van der Waals surface area (Å²) >= 11 is 0. The molecule has 0 spiro atoms. The number of amides is 2. The van der Waals surface area contributed by atoms with Crippen LogP contribution in [-0.2, 0) is 10.2 Å². The molecular weight excluding hydrogens is 297 g/mol. The maximum Gasteiger partial charge on any atom is 0.471 e. The Hall–Kier alpha value is -2.05. The Bertz CT molecular complexity index is 531. The fraction of sp³-hybridized carbons (Fsp3) is 0.467. The summed E-state index contributed by atoms with van der Waals surface area (Å²) in [7, 11) is 0. The van der Waals surface area contributed by atoms with Crippen molar-refractivity contribution in [1.82, 2.24) is 10.6 Å². The van der Waals surface area contributed by atoms with Crippen molar-refractivity contribution in [2.45, 2.75) is 32.4 Å². The molecule has 1 aromatic carbocycles. The van der Waals surface area contributed by atoms with Crippen LogP contribution in [0.4, 0.5) is 13.2 Å². The predicted octanol–water partition coefficient (Wildman–Crippen LogP) is 2.39. The van der Waals surface area contributed by atoms with Crippen molar-refractivity contribution in [2.75, 3.05) is 13.1 Å². The average molecular weight is 316 g/mol. The number of benzene rings is 1. The standard InChI is InChI=1S/C15H19F3N2O2/c1-14(2,3)11-6-4-10(5-7-11)12(21)19-8-9-20-13(22)15(16,17)18/h4-7H,8-9H2,1-3H3,(H,19,21)(H,20,22). The molecule has 2 amide bonds. The Morgan fingerprint density at radius 3 is 1.91 bits per heavy atom. The maximum absolute atomic E-state index is 11.9. The van der Waals surface area contributed by atoms with E-state index in [2.05, 4.69) is 5.32 Å². The SMILES string of the molecule is CC(C)(C)c1ccc(C(=O)NCCNC(=O)C(F)(F)F)cc1. The number of carbonyl (C=O) groups is 2. The lowest BCUT2D eigenvalue weighted by Crippen LogP contribution is -2.41. The van der Waals surface area contributed by atoms with E-state index in [0.717, 1.165) is 5.56 Å². The molecule has 0 bridgehead atoms. The van der Waals surface area contributed by atoms with Crippen molar-refractivity contribution in [2.24, 2.45) is 0 Å². The molecule has 0 fully saturated rings. The van der Waals surface area contributed by atoms with Crippen LogP contribution in [0.15, 0.2) is 24.3 Å². The van der Waals surface area contributed by atoms with E-state index in [4.69, 9.17) is 0 Å². The molecule has 7 heteroatoms. The van der Waals surface area contributed by atoms with Gasteiger partial charge in [-0.05, 0) is 23.1 Å². The first-order chi connectivity index (χ1) is 10.0. The first-order valence-corrected chi connectivity index (χ1v) is 6.75. The zero-order chi connectivity index (χ0) is 17.0. The minimum atomic E-state index is -4.91. The van der Waals surface area contributed by atoms with E-state index in [1.165, 1.54) is 0 Å². The number of rotatable bonds is 4. The quantitative estimate of drug-likeness (QED) is 0.838. The van der Waals surface area contributed by atoms with Crippen LogP contribution in [0.2, 0.25) is 0 Å². The van der Waals surface area contributed by atoms with E-state index >= 15 is 0 Å². The Morgan fingerprint density at radius 1 is 0.955 bits per heavy atom. The molecule has 1 rings (SSSR count). The zero-order valence-corrected chi connectivity index (χ0v) is 12.7. The monoisotopic (exact) mass is 316 g/mol. The van der Waals surface area contributed by atoms with Crippen molar-refractivity contribution in [3.8, 4) is 0 Å². The molecule has 0 unspecified atom stereocenters. The molecule has 1 aromatic rings. The number of hydrogen-bond donors (Lipinski definition) is 2. The lowest BCUT2D eigenvalue weighted by molar-refractivity contribution is -0.173. The third kappa shape index (κ3) is 5.38. The number of halogens is 3. The van der Waals surface area contributed by atoms with Crippen molar-refractivity contribution in [3.05, 3.63) is 35.4 Å². The molecule has 4 nitrogen and oxygen atoms in total. The van der Waals surface area contributed by atoms with E-state index in [0.29, 0.717) is 5.56 Å². The molecule has 0 saturated heterocycles. The molecule has 0 aliphatic rings. The second-order valence-corrected chi connectivity index (χ2v) is 5.84. The summed E-state index contributed by atoms with van der Waals surface area (Å²) in [6, 6.07) is 6.98. The van der Waals surface area contributed by atoms with Crippen LogP contribution >= 0.6 is 0 Å². The molecule has 0 aromatic heterocycles. The van der Waals surface area contributed by atoms with E-state index < -0.39 is 18.0 Å². The largest absolute Gasteiger partial charge is 0.471 e. The van der Waals surface area contributed by atoms with Gasteiger partial charge in [-0.3, -0.25) is 9.59 Å². The highest BCUT2D eigenvalue weighted by Crippen LogP contribution is 2.22. The molecule has 22 heavy (non-hydrogen) atoms. The predicted molar refractivity (Wildman–Crippen MR) is 76.5 cm³/mol. The average Bonchev–Trinajstić information content (AvgIpc) is 2.41. The van der Waals surface area contributed by atoms with E-state index in [1.807, 2.05) is 32.9 Å². The topological polar surface area (TPSA) is 58.2 Å². The van der Waals surface area contributed by atoms with Gasteiger partial charge in [-0.25, -0.2) is 0 Å². The van der Waals surface area contributed by atoms with Crippen LogP contribution in [0.5, 0.6) is 0 Å². The Balaban J connectivity index is 2.45. The first kappa shape index (κ1) is 18.0. The molecule has 0 saturated carbocycles. The molecular formula is C15H19F3N2O2. The van der Waals surface area contributed by atoms with E-state index in [-0.39, 0.29) is 18.5 Å². The minimum Gasteiger partial charge on any atom is -0.350 e. The maximum atomic E-state index is 11.9. The van der Waals surface area contributed by atoms with Crippen LogP contribution < -0.4 is 10.6 Å². The van der Waals surface area contributed by atoms with Crippen LogP contribution in [-0.4, -0.2) is 31.1 Å². The Labute approximate surface area is 127 Å². The van der Waals surface area contributed by atoms with Crippen molar-refractivity contribution >= 4 is 11.8 Å². The van der Waals surface area contributed by atoms with Crippen molar-refractivity contribution in [1.29, 1.82) is 0 Å². The summed E-state index contributed by atoms with van der Waals surface area (Å²) < 4.78 is 35.8.